The van der Waals surface area contributed by atoms with Crippen molar-refractivity contribution in [2.75, 3.05) is 13.2 Å². The van der Waals surface area contributed by atoms with Crippen molar-refractivity contribution >= 4 is 5.97 Å². The molecular formula is C13H22O11. The zero-order valence-corrected chi connectivity index (χ0v) is 12.5. The van der Waals surface area contributed by atoms with Crippen LogP contribution in [0.5, 0.6) is 0 Å². The summed E-state index contributed by atoms with van der Waals surface area (Å²) in [5.74, 6) is -5.49. The summed E-state index contributed by atoms with van der Waals surface area (Å²) in [6.07, 6.45) is -11.8. The SMILES string of the molecule is O=C(O)[C@@]1(O[C@H]2C[C@H](CO)[C@@H](O)[C@H](O)[C@H]2O)O[C@H](CO)[C@@H](O)[C@@H]1O. The largest absolute Gasteiger partial charge is 0.477 e. The van der Waals surface area contributed by atoms with Crippen molar-refractivity contribution in [3.05, 3.63) is 0 Å². The number of ether oxygens (including phenoxy) is 2. The maximum Gasteiger partial charge on any atom is 0.367 e. The molecule has 24 heavy (non-hydrogen) atoms. The van der Waals surface area contributed by atoms with E-state index in [9.17, 15) is 40.5 Å². The van der Waals surface area contributed by atoms with Crippen LogP contribution in [-0.4, -0.2) is 109 Å². The second-order valence-corrected chi connectivity index (χ2v) is 6.05. The van der Waals surface area contributed by atoms with Gasteiger partial charge in [-0.25, -0.2) is 4.79 Å². The number of aliphatic hydroxyl groups excluding tert-OH is 7. The van der Waals surface area contributed by atoms with E-state index in [0.717, 1.165) is 0 Å². The van der Waals surface area contributed by atoms with Gasteiger partial charge in [0.05, 0.1) is 18.8 Å². The third-order valence-electron chi connectivity index (χ3n) is 4.56. The van der Waals surface area contributed by atoms with Gasteiger partial charge in [0.1, 0.15) is 30.5 Å². The molecule has 2 rings (SSSR count). The lowest BCUT2D eigenvalue weighted by Crippen LogP contribution is -2.61. The molecule has 9 atom stereocenters. The summed E-state index contributed by atoms with van der Waals surface area (Å²) >= 11 is 0. The van der Waals surface area contributed by atoms with Crippen LogP contribution in [0.3, 0.4) is 0 Å². The van der Waals surface area contributed by atoms with Crippen LogP contribution >= 0.6 is 0 Å². The number of aliphatic carboxylic acids is 1. The number of rotatable bonds is 5. The molecule has 11 nitrogen and oxygen atoms in total. The molecular weight excluding hydrogens is 332 g/mol. The number of aliphatic hydroxyl groups is 7. The monoisotopic (exact) mass is 354 g/mol. The Hall–Kier alpha value is -0.890. The summed E-state index contributed by atoms with van der Waals surface area (Å²) in [4.78, 5) is 11.6. The molecule has 2 fully saturated rings. The van der Waals surface area contributed by atoms with Gasteiger partial charge in [-0.1, -0.05) is 0 Å². The van der Waals surface area contributed by atoms with Crippen molar-refractivity contribution in [3.8, 4) is 0 Å². The lowest BCUT2D eigenvalue weighted by atomic mass is 9.81. The highest BCUT2D eigenvalue weighted by Gasteiger charge is 2.63. The first-order valence-corrected chi connectivity index (χ1v) is 7.40. The molecule has 0 bridgehead atoms. The van der Waals surface area contributed by atoms with Crippen LogP contribution in [-0.2, 0) is 14.3 Å². The fourth-order valence-corrected chi connectivity index (χ4v) is 3.07. The van der Waals surface area contributed by atoms with Crippen LogP contribution in [0, 0.1) is 5.92 Å². The Morgan fingerprint density at radius 1 is 1.00 bits per heavy atom. The summed E-state index contributed by atoms with van der Waals surface area (Å²) in [6.45, 7) is -1.35. The quantitative estimate of drug-likeness (QED) is 0.236. The Balaban J connectivity index is 2.26. The topological polar surface area (TPSA) is 197 Å². The van der Waals surface area contributed by atoms with Crippen molar-refractivity contribution in [1.29, 1.82) is 0 Å². The Morgan fingerprint density at radius 3 is 2.08 bits per heavy atom. The van der Waals surface area contributed by atoms with Crippen molar-refractivity contribution in [2.45, 2.75) is 54.9 Å². The van der Waals surface area contributed by atoms with Gasteiger partial charge in [0.25, 0.3) is 5.79 Å². The summed E-state index contributed by atoms with van der Waals surface area (Å²) in [5.41, 5.74) is 0. The molecule has 8 N–H and O–H groups in total. The lowest BCUT2D eigenvalue weighted by Gasteiger charge is -2.42. The van der Waals surface area contributed by atoms with Gasteiger partial charge < -0.3 is 50.3 Å². The molecule has 11 heteroatoms. The van der Waals surface area contributed by atoms with E-state index in [2.05, 4.69) is 0 Å². The standard InChI is InChI=1S/C13H22O11/c14-2-4-1-5(8(17)10(19)7(4)16)23-13(12(21)22)11(20)9(18)6(3-15)24-13/h4-11,14-20H,1-3H2,(H,21,22)/t4-,5+,6-,7-,8+,9-,10+,11+,13+/m1/s1. The molecule has 1 saturated heterocycles. The smallest absolute Gasteiger partial charge is 0.367 e. The van der Waals surface area contributed by atoms with Gasteiger partial charge in [-0.05, 0) is 6.42 Å². The van der Waals surface area contributed by atoms with E-state index in [4.69, 9.17) is 14.6 Å². The predicted octanol–water partition coefficient (Wildman–Crippen LogP) is -4.64. The van der Waals surface area contributed by atoms with Crippen molar-refractivity contribution in [2.24, 2.45) is 5.92 Å². The lowest BCUT2D eigenvalue weighted by molar-refractivity contribution is -0.301. The zero-order chi connectivity index (χ0) is 18.2. The van der Waals surface area contributed by atoms with Crippen LogP contribution in [0.15, 0.2) is 0 Å². The van der Waals surface area contributed by atoms with Crippen molar-refractivity contribution in [3.63, 3.8) is 0 Å². The molecule has 0 amide bonds. The highest BCUT2D eigenvalue weighted by molar-refractivity contribution is 5.77. The summed E-state index contributed by atoms with van der Waals surface area (Å²) in [6, 6.07) is 0. The fourth-order valence-electron chi connectivity index (χ4n) is 3.07. The van der Waals surface area contributed by atoms with Crippen molar-refractivity contribution < 1.29 is 55.1 Å². The van der Waals surface area contributed by atoms with Gasteiger partial charge in [0.15, 0.2) is 0 Å². The second-order valence-electron chi connectivity index (χ2n) is 6.05. The molecule has 0 aromatic rings. The Labute approximate surface area is 136 Å². The van der Waals surface area contributed by atoms with Crippen LogP contribution in [0.25, 0.3) is 0 Å². The number of carboxylic acid groups (broad SMARTS) is 1. The minimum absolute atomic E-state index is 0.235. The van der Waals surface area contributed by atoms with Crippen LogP contribution in [0.1, 0.15) is 6.42 Å². The maximum absolute atomic E-state index is 11.6. The number of hydrogen-bond acceptors (Lipinski definition) is 10. The molecule has 0 unspecified atom stereocenters. The molecule has 0 aromatic heterocycles. The fraction of sp³-hybridized carbons (Fsp3) is 0.923. The van der Waals surface area contributed by atoms with Gasteiger partial charge in [-0.3, -0.25) is 0 Å². The van der Waals surface area contributed by atoms with E-state index in [1.807, 2.05) is 0 Å². The van der Waals surface area contributed by atoms with Crippen LogP contribution in [0.4, 0.5) is 0 Å². The molecule has 1 aliphatic carbocycles. The van der Waals surface area contributed by atoms with Gasteiger partial charge in [0.2, 0.25) is 0 Å². The molecule has 1 aliphatic heterocycles. The second kappa shape index (κ2) is 7.15. The first-order chi connectivity index (χ1) is 11.2. The van der Waals surface area contributed by atoms with Gasteiger partial charge in [-0.15, -0.1) is 0 Å². The normalized spacial score (nSPS) is 49.3. The van der Waals surface area contributed by atoms with E-state index >= 15 is 0 Å². The maximum atomic E-state index is 11.6. The molecule has 140 valence electrons. The van der Waals surface area contributed by atoms with Crippen LogP contribution < -0.4 is 0 Å². The van der Waals surface area contributed by atoms with Gasteiger partial charge in [0, 0.05) is 12.5 Å². The van der Waals surface area contributed by atoms with Crippen molar-refractivity contribution in [1.82, 2.24) is 0 Å². The predicted molar refractivity (Wildman–Crippen MR) is 72.4 cm³/mol. The number of carbonyl (C=O) groups is 1. The van der Waals surface area contributed by atoms with Gasteiger partial charge in [-0.2, -0.15) is 0 Å². The van der Waals surface area contributed by atoms with E-state index in [1.165, 1.54) is 0 Å². The van der Waals surface area contributed by atoms with Gasteiger partial charge >= 0.3 is 5.97 Å². The minimum atomic E-state index is -2.78. The minimum Gasteiger partial charge on any atom is -0.477 e. The molecule has 0 spiro atoms. The third kappa shape index (κ3) is 3.03. The third-order valence-corrected chi connectivity index (χ3v) is 4.56. The number of hydrogen-bond donors (Lipinski definition) is 8. The van der Waals surface area contributed by atoms with Crippen LogP contribution in [0.2, 0.25) is 0 Å². The highest BCUT2D eigenvalue weighted by atomic mass is 16.8. The summed E-state index contributed by atoms with van der Waals surface area (Å²) in [5, 5.41) is 77.0. The summed E-state index contributed by atoms with van der Waals surface area (Å²) in [7, 11) is 0. The number of carboxylic acids is 1. The zero-order valence-electron chi connectivity index (χ0n) is 12.5. The molecule has 1 heterocycles. The van der Waals surface area contributed by atoms with E-state index in [1.54, 1.807) is 0 Å². The Bertz CT molecular complexity index is 457. The summed E-state index contributed by atoms with van der Waals surface area (Å²) < 4.78 is 10.2. The van der Waals surface area contributed by atoms with E-state index in [-0.39, 0.29) is 6.42 Å². The van der Waals surface area contributed by atoms with E-state index in [0.29, 0.717) is 0 Å². The Kier molecular flexibility index (Phi) is 5.79. The molecule has 0 radical (unpaired) electrons. The molecule has 0 aromatic carbocycles. The molecule has 2 aliphatic rings. The first kappa shape index (κ1) is 19.4. The highest BCUT2D eigenvalue weighted by Crippen LogP contribution is 2.37. The Morgan fingerprint density at radius 2 is 1.62 bits per heavy atom. The average Bonchev–Trinajstić information content (AvgIpc) is 2.81. The average molecular weight is 354 g/mol. The van der Waals surface area contributed by atoms with E-state index < -0.39 is 73.6 Å². The molecule has 1 saturated carbocycles. The first-order valence-electron chi connectivity index (χ1n) is 7.40.